The maximum atomic E-state index is 11.5. The second kappa shape index (κ2) is 8.74. The minimum Gasteiger partial charge on any atom is -0.494 e. The molecule has 0 saturated carbocycles. The van der Waals surface area contributed by atoms with E-state index in [1.54, 1.807) is 6.08 Å². The average molecular weight is 277 g/mol. The van der Waals surface area contributed by atoms with Gasteiger partial charge in [0.25, 0.3) is 0 Å². The molecule has 1 amide bonds. The molecule has 108 valence electrons. The van der Waals surface area contributed by atoms with Gasteiger partial charge in [-0.3, -0.25) is 9.59 Å². The quantitative estimate of drug-likeness (QED) is 0.609. The van der Waals surface area contributed by atoms with Crippen molar-refractivity contribution in [1.29, 1.82) is 0 Å². The van der Waals surface area contributed by atoms with E-state index >= 15 is 0 Å². The van der Waals surface area contributed by atoms with E-state index in [0.29, 0.717) is 6.61 Å². The van der Waals surface area contributed by atoms with Gasteiger partial charge in [0.2, 0.25) is 5.91 Å². The van der Waals surface area contributed by atoms with Gasteiger partial charge in [0.1, 0.15) is 5.75 Å². The summed E-state index contributed by atoms with van der Waals surface area (Å²) < 4.78 is 9.85. The number of amides is 1. The molecule has 0 atom stereocenters. The number of hydrogen-bond donors (Lipinski definition) is 1. The molecule has 0 saturated heterocycles. The monoisotopic (exact) mass is 277 g/mol. The zero-order valence-electron chi connectivity index (χ0n) is 11.7. The fraction of sp³-hybridized carbons (Fsp3) is 0.333. The van der Waals surface area contributed by atoms with Crippen LogP contribution in [0.5, 0.6) is 5.75 Å². The number of rotatable bonds is 7. The minimum atomic E-state index is -0.348. The summed E-state index contributed by atoms with van der Waals surface area (Å²) >= 11 is 0. The number of carbonyl (C=O) groups is 2. The SMILES string of the molecule is CCOc1cccc(/C=C/C(=O)NCCC(=O)OC)c1. The first-order valence-corrected chi connectivity index (χ1v) is 6.41. The fourth-order valence-electron chi connectivity index (χ4n) is 1.50. The molecule has 1 N–H and O–H groups in total. The van der Waals surface area contributed by atoms with Crippen LogP contribution in [0.1, 0.15) is 18.9 Å². The van der Waals surface area contributed by atoms with Crippen molar-refractivity contribution >= 4 is 18.0 Å². The van der Waals surface area contributed by atoms with E-state index in [2.05, 4.69) is 10.1 Å². The van der Waals surface area contributed by atoms with Gasteiger partial charge in [0.05, 0.1) is 20.1 Å². The molecular weight excluding hydrogens is 258 g/mol. The van der Waals surface area contributed by atoms with Gasteiger partial charge < -0.3 is 14.8 Å². The van der Waals surface area contributed by atoms with Gasteiger partial charge in [-0.15, -0.1) is 0 Å². The van der Waals surface area contributed by atoms with Crippen LogP contribution in [0, 0.1) is 0 Å². The fourth-order valence-corrected chi connectivity index (χ4v) is 1.50. The van der Waals surface area contributed by atoms with E-state index in [4.69, 9.17) is 4.74 Å². The molecule has 0 aliphatic heterocycles. The summed E-state index contributed by atoms with van der Waals surface area (Å²) in [5.74, 6) is 0.162. The molecule has 0 heterocycles. The maximum Gasteiger partial charge on any atom is 0.307 e. The molecule has 0 spiro atoms. The molecule has 5 nitrogen and oxygen atoms in total. The van der Waals surface area contributed by atoms with Gasteiger partial charge in [-0.05, 0) is 30.7 Å². The number of nitrogens with one attached hydrogen (secondary N) is 1. The van der Waals surface area contributed by atoms with Gasteiger partial charge in [0.15, 0.2) is 0 Å². The summed E-state index contributed by atoms with van der Waals surface area (Å²) in [5.41, 5.74) is 0.874. The molecule has 0 radical (unpaired) electrons. The van der Waals surface area contributed by atoms with E-state index in [1.807, 2.05) is 31.2 Å². The second-order valence-electron chi connectivity index (χ2n) is 3.96. The lowest BCUT2D eigenvalue weighted by Crippen LogP contribution is -2.24. The van der Waals surface area contributed by atoms with E-state index in [9.17, 15) is 9.59 Å². The molecule has 0 fully saturated rings. The maximum absolute atomic E-state index is 11.5. The largest absolute Gasteiger partial charge is 0.494 e. The first kappa shape index (κ1) is 15.8. The highest BCUT2D eigenvalue weighted by atomic mass is 16.5. The predicted molar refractivity (Wildman–Crippen MR) is 76.3 cm³/mol. The van der Waals surface area contributed by atoms with Crippen molar-refractivity contribution in [3.63, 3.8) is 0 Å². The third-order valence-electron chi connectivity index (χ3n) is 2.45. The van der Waals surface area contributed by atoms with Crippen LogP contribution in [0.4, 0.5) is 0 Å². The van der Waals surface area contributed by atoms with Gasteiger partial charge in [-0.25, -0.2) is 0 Å². The van der Waals surface area contributed by atoms with Crippen LogP contribution >= 0.6 is 0 Å². The van der Waals surface area contributed by atoms with Gasteiger partial charge >= 0.3 is 5.97 Å². The third kappa shape index (κ3) is 6.04. The van der Waals surface area contributed by atoms with Crippen LogP contribution < -0.4 is 10.1 Å². The number of benzene rings is 1. The standard InChI is InChI=1S/C15H19NO4/c1-3-20-13-6-4-5-12(11-13)7-8-14(17)16-10-9-15(18)19-2/h4-8,11H,3,9-10H2,1-2H3,(H,16,17)/b8-7+. The number of ether oxygens (including phenoxy) is 2. The lowest BCUT2D eigenvalue weighted by molar-refractivity contribution is -0.140. The molecule has 0 bridgehead atoms. The Morgan fingerprint density at radius 3 is 2.85 bits per heavy atom. The summed E-state index contributed by atoms with van der Waals surface area (Å²) in [6.45, 7) is 2.77. The van der Waals surface area contributed by atoms with Crippen molar-refractivity contribution in [2.75, 3.05) is 20.3 Å². The Morgan fingerprint density at radius 1 is 1.35 bits per heavy atom. The van der Waals surface area contributed by atoms with E-state index in [-0.39, 0.29) is 24.8 Å². The Kier molecular flexibility index (Phi) is 6.89. The highest BCUT2D eigenvalue weighted by Crippen LogP contribution is 2.14. The van der Waals surface area contributed by atoms with Crippen molar-refractivity contribution < 1.29 is 19.1 Å². The van der Waals surface area contributed by atoms with Crippen LogP contribution in [0.15, 0.2) is 30.3 Å². The molecule has 1 rings (SSSR count). The van der Waals surface area contributed by atoms with Crippen molar-refractivity contribution in [3.05, 3.63) is 35.9 Å². The van der Waals surface area contributed by atoms with E-state index in [0.717, 1.165) is 11.3 Å². The second-order valence-corrected chi connectivity index (χ2v) is 3.96. The lowest BCUT2D eigenvalue weighted by Gasteiger charge is -2.03. The number of hydrogen-bond acceptors (Lipinski definition) is 4. The molecule has 20 heavy (non-hydrogen) atoms. The van der Waals surface area contributed by atoms with Crippen molar-refractivity contribution in [2.24, 2.45) is 0 Å². The summed E-state index contributed by atoms with van der Waals surface area (Å²) in [6.07, 6.45) is 3.27. The van der Waals surface area contributed by atoms with Crippen LogP contribution in [0.3, 0.4) is 0 Å². The van der Waals surface area contributed by atoms with Gasteiger partial charge in [-0.1, -0.05) is 12.1 Å². The predicted octanol–water partition coefficient (Wildman–Crippen LogP) is 1.78. The lowest BCUT2D eigenvalue weighted by atomic mass is 10.2. The van der Waals surface area contributed by atoms with Crippen molar-refractivity contribution in [1.82, 2.24) is 5.32 Å². The Hall–Kier alpha value is -2.30. The molecule has 0 unspecified atom stereocenters. The molecule has 1 aromatic rings. The zero-order valence-corrected chi connectivity index (χ0v) is 11.7. The number of carbonyl (C=O) groups excluding carboxylic acids is 2. The Balaban J connectivity index is 2.44. The summed E-state index contributed by atoms with van der Waals surface area (Å²) in [6, 6.07) is 7.44. The first-order chi connectivity index (χ1) is 9.65. The zero-order chi connectivity index (χ0) is 14.8. The molecule has 1 aromatic carbocycles. The molecule has 0 aliphatic rings. The molecule has 0 aromatic heterocycles. The summed E-state index contributed by atoms with van der Waals surface area (Å²) in [5, 5.41) is 2.60. The summed E-state index contributed by atoms with van der Waals surface area (Å²) in [7, 11) is 1.31. The number of esters is 1. The molecular formula is C15H19NO4. The smallest absolute Gasteiger partial charge is 0.307 e. The highest BCUT2D eigenvalue weighted by Gasteiger charge is 2.01. The van der Waals surface area contributed by atoms with Crippen LogP contribution in [0.25, 0.3) is 6.08 Å². The molecule has 0 aliphatic carbocycles. The minimum absolute atomic E-state index is 0.163. The summed E-state index contributed by atoms with van der Waals surface area (Å²) in [4.78, 5) is 22.4. The topological polar surface area (TPSA) is 64.6 Å². The first-order valence-electron chi connectivity index (χ1n) is 6.41. The molecule has 5 heteroatoms. The third-order valence-corrected chi connectivity index (χ3v) is 2.45. The van der Waals surface area contributed by atoms with Gasteiger partial charge in [0, 0.05) is 12.6 Å². The van der Waals surface area contributed by atoms with E-state index < -0.39 is 0 Å². The number of methoxy groups -OCH3 is 1. The van der Waals surface area contributed by atoms with Crippen LogP contribution in [-0.4, -0.2) is 32.1 Å². The Labute approximate surface area is 118 Å². The van der Waals surface area contributed by atoms with E-state index in [1.165, 1.54) is 13.2 Å². The average Bonchev–Trinajstić information content (AvgIpc) is 2.45. The normalized spacial score (nSPS) is 10.3. The van der Waals surface area contributed by atoms with Crippen LogP contribution in [0.2, 0.25) is 0 Å². The highest BCUT2D eigenvalue weighted by molar-refractivity contribution is 5.91. The van der Waals surface area contributed by atoms with Crippen LogP contribution in [-0.2, 0) is 14.3 Å². The van der Waals surface area contributed by atoms with Crippen molar-refractivity contribution in [2.45, 2.75) is 13.3 Å². The van der Waals surface area contributed by atoms with Gasteiger partial charge in [-0.2, -0.15) is 0 Å². The Bertz CT molecular complexity index is 483. The Morgan fingerprint density at radius 2 is 2.15 bits per heavy atom. The van der Waals surface area contributed by atoms with Crippen molar-refractivity contribution in [3.8, 4) is 5.75 Å².